The van der Waals surface area contributed by atoms with Gasteiger partial charge in [-0.25, -0.2) is 0 Å². The fourth-order valence-electron chi connectivity index (χ4n) is 2.61. The maximum Gasteiger partial charge on any atom is 0.220 e. The second-order valence-corrected chi connectivity index (χ2v) is 4.65. The highest BCUT2D eigenvalue weighted by atomic mass is 16.5. The number of para-hydroxylation sites is 1. The summed E-state index contributed by atoms with van der Waals surface area (Å²) < 4.78 is 5.74. The minimum absolute atomic E-state index is 0.184. The van der Waals surface area contributed by atoms with E-state index in [0.29, 0.717) is 18.3 Å². The van der Waals surface area contributed by atoms with Crippen LogP contribution >= 0.6 is 0 Å². The molecule has 2 unspecified atom stereocenters. The average Bonchev–Trinajstić information content (AvgIpc) is 2.75. The topological polar surface area (TPSA) is 38.3 Å². The number of benzene rings is 1. The van der Waals surface area contributed by atoms with Crippen LogP contribution in [-0.2, 0) is 11.2 Å². The van der Waals surface area contributed by atoms with Crippen molar-refractivity contribution < 1.29 is 9.53 Å². The van der Waals surface area contributed by atoms with Crippen LogP contribution in [0.5, 0.6) is 5.75 Å². The SMILES string of the molecule is O=C1CC(C2COc3ccccc3C2)CN1. The molecule has 84 valence electrons. The summed E-state index contributed by atoms with van der Waals surface area (Å²) in [6.07, 6.45) is 1.70. The number of ether oxygens (including phenoxy) is 1. The molecular formula is C13H15NO2. The molecule has 1 fully saturated rings. The Morgan fingerprint density at radius 3 is 2.88 bits per heavy atom. The lowest BCUT2D eigenvalue weighted by Gasteiger charge is -2.28. The molecule has 1 saturated heterocycles. The Hall–Kier alpha value is -1.51. The zero-order chi connectivity index (χ0) is 11.0. The Labute approximate surface area is 94.8 Å². The van der Waals surface area contributed by atoms with Gasteiger partial charge in [-0.1, -0.05) is 18.2 Å². The van der Waals surface area contributed by atoms with Crippen molar-refractivity contribution in [2.24, 2.45) is 11.8 Å². The summed E-state index contributed by atoms with van der Waals surface area (Å²) in [6, 6.07) is 8.18. The van der Waals surface area contributed by atoms with Crippen molar-refractivity contribution in [3.63, 3.8) is 0 Å². The standard InChI is InChI=1S/C13H15NO2/c15-13-6-10(7-14-13)11-5-9-3-1-2-4-12(9)16-8-11/h1-4,10-11H,5-8H2,(H,14,15). The van der Waals surface area contributed by atoms with Gasteiger partial charge >= 0.3 is 0 Å². The van der Waals surface area contributed by atoms with E-state index in [1.54, 1.807) is 0 Å². The summed E-state index contributed by atoms with van der Waals surface area (Å²) in [6.45, 7) is 1.56. The molecule has 0 spiro atoms. The highest BCUT2D eigenvalue weighted by Gasteiger charge is 2.32. The van der Waals surface area contributed by atoms with E-state index in [0.717, 1.165) is 25.3 Å². The summed E-state index contributed by atoms with van der Waals surface area (Å²) in [4.78, 5) is 11.2. The molecule has 1 aromatic carbocycles. The van der Waals surface area contributed by atoms with E-state index >= 15 is 0 Å². The van der Waals surface area contributed by atoms with E-state index in [4.69, 9.17) is 4.74 Å². The fourth-order valence-corrected chi connectivity index (χ4v) is 2.61. The predicted octanol–water partition coefficient (Wildman–Crippen LogP) is 1.37. The van der Waals surface area contributed by atoms with Crippen molar-refractivity contribution in [2.75, 3.05) is 13.2 Å². The van der Waals surface area contributed by atoms with E-state index in [1.165, 1.54) is 5.56 Å². The van der Waals surface area contributed by atoms with Crippen molar-refractivity contribution >= 4 is 5.91 Å². The molecule has 0 aliphatic carbocycles. The molecule has 0 radical (unpaired) electrons. The third-order valence-electron chi connectivity index (χ3n) is 3.58. The Balaban J connectivity index is 1.75. The molecule has 2 aliphatic rings. The van der Waals surface area contributed by atoms with Gasteiger partial charge < -0.3 is 10.1 Å². The Morgan fingerprint density at radius 2 is 2.06 bits per heavy atom. The minimum Gasteiger partial charge on any atom is -0.493 e. The molecular weight excluding hydrogens is 202 g/mol. The molecule has 0 saturated carbocycles. The third kappa shape index (κ3) is 1.66. The second kappa shape index (κ2) is 3.81. The number of rotatable bonds is 1. The molecule has 3 nitrogen and oxygen atoms in total. The zero-order valence-electron chi connectivity index (χ0n) is 9.11. The number of nitrogens with one attached hydrogen (secondary N) is 1. The van der Waals surface area contributed by atoms with Crippen LogP contribution in [-0.4, -0.2) is 19.1 Å². The van der Waals surface area contributed by atoms with E-state index in [9.17, 15) is 4.79 Å². The second-order valence-electron chi connectivity index (χ2n) is 4.65. The van der Waals surface area contributed by atoms with Gasteiger partial charge in [0.05, 0.1) is 6.61 Å². The zero-order valence-corrected chi connectivity index (χ0v) is 9.11. The third-order valence-corrected chi connectivity index (χ3v) is 3.58. The lowest BCUT2D eigenvalue weighted by atomic mass is 9.85. The Kier molecular flexibility index (Phi) is 2.31. The first kappa shape index (κ1) is 9.70. The van der Waals surface area contributed by atoms with Gasteiger partial charge in [0.15, 0.2) is 0 Å². The van der Waals surface area contributed by atoms with E-state index < -0.39 is 0 Å². The van der Waals surface area contributed by atoms with Crippen LogP contribution in [0.25, 0.3) is 0 Å². The smallest absolute Gasteiger partial charge is 0.220 e. The maximum absolute atomic E-state index is 11.2. The van der Waals surface area contributed by atoms with Gasteiger partial charge in [-0.2, -0.15) is 0 Å². The van der Waals surface area contributed by atoms with Crippen LogP contribution in [0.4, 0.5) is 0 Å². The predicted molar refractivity (Wildman–Crippen MR) is 60.2 cm³/mol. The monoisotopic (exact) mass is 217 g/mol. The first-order chi connectivity index (χ1) is 7.83. The number of carbonyl (C=O) groups excluding carboxylic acids is 1. The molecule has 1 N–H and O–H groups in total. The van der Waals surface area contributed by atoms with E-state index in [-0.39, 0.29) is 5.91 Å². The molecule has 2 atom stereocenters. The first-order valence-corrected chi connectivity index (χ1v) is 5.80. The van der Waals surface area contributed by atoms with Crippen molar-refractivity contribution in [1.29, 1.82) is 0 Å². The highest BCUT2D eigenvalue weighted by molar-refractivity contribution is 5.78. The Morgan fingerprint density at radius 1 is 1.19 bits per heavy atom. The molecule has 0 aromatic heterocycles. The number of carbonyl (C=O) groups is 1. The van der Waals surface area contributed by atoms with Crippen LogP contribution in [0.3, 0.4) is 0 Å². The van der Waals surface area contributed by atoms with Gasteiger partial charge in [-0.3, -0.25) is 4.79 Å². The summed E-state index contributed by atoms with van der Waals surface area (Å²) in [5.41, 5.74) is 1.28. The van der Waals surface area contributed by atoms with Gasteiger partial charge in [-0.05, 0) is 24.0 Å². The number of hydrogen-bond acceptors (Lipinski definition) is 2. The van der Waals surface area contributed by atoms with Gasteiger partial charge in [0, 0.05) is 18.9 Å². The van der Waals surface area contributed by atoms with Gasteiger partial charge in [-0.15, -0.1) is 0 Å². The lowest BCUT2D eigenvalue weighted by Crippen LogP contribution is -2.29. The Bertz CT molecular complexity index is 416. The van der Waals surface area contributed by atoms with Crippen LogP contribution in [0, 0.1) is 11.8 Å². The highest BCUT2D eigenvalue weighted by Crippen LogP contribution is 2.32. The van der Waals surface area contributed by atoms with E-state index in [1.807, 2.05) is 18.2 Å². The van der Waals surface area contributed by atoms with Crippen molar-refractivity contribution in [1.82, 2.24) is 5.32 Å². The lowest BCUT2D eigenvalue weighted by molar-refractivity contribution is -0.119. The minimum atomic E-state index is 0.184. The van der Waals surface area contributed by atoms with Crippen LogP contribution in [0.1, 0.15) is 12.0 Å². The summed E-state index contributed by atoms with van der Waals surface area (Å²) in [7, 11) is 0. The maximum atomic E-state index is 11.2. The first-order valence-electron chi connectivity index (χ1n) is 5.80. The number of fused-ring (bicyclic) bond motifs is 1. The van der Waals surface area contributed by atoms with Gasteiger partial charge in [0.1, 0.15) is 5.75 Å². The van der Waals surface area contributed by atoms with Crippen molar-refractivity contribution in [3.8, 4) is 5.75 Å². The molecule has 16 heavy (non-hydrogen) atoms. The van der Waals surface area contributed by atoms with E-state index in [2.05, 4.69) is 11.4 Å². The molecule has 2 heterocycles. The molecule has 1 amide bonds. The van der Waals surface area contributed by atoms with Gasteiger partial charge in [0.25, 0.3) is 0 Å². The number of hydrogen-bond donors (Lipinski definition) is 1. The normalized spacial score (nSPS) is 28.1. The molecule has 1 aromatic rings. The molecule has 2 aliphatic heterocycles. The quantitative estimate of drug-likeness (QED) is 0.771. The average molecular weight is 217 g/mol. The van der Waals surface area contributed by atoms with Crippen molar-refractivity contribution in [2.45, 2.75) is 12.8 Å². The van der Waals surface area contributed by atoms with Crippen LogP contribution in [0.15, 0.2) is 24.3 Å². The number of amides is 1. The van der Waals surface area contributed by atoms with Gasteiger partial charge in [0.2, 0.25) is 5.91 Å². The fraction of sp³-hybridized carbons (Fsp3) is 0.462. The molecule has 3 heteroatoms. The van der Waals surface area contributed by atoms with Crippen molar-refractivity contribution in [3.05, 3.63) is 29.8 Å². The van der Waals surface area contributed by atoms with Crippen LogP contribution in [0.2, 0.25) is 0 Å². The largest absolute Gasteiger partial charge is 0.493 e. The summed E-state index contributed by atoms with van der Waals surface area (Å²) in [5.74, 6) is 2.12. The molecule has 3 rings (SSSR count). The molecule has 0 bridgehead atoms. The summed E-state index contributed by atoms with van der Waals surface area (Å²) >= 11 is 0. The van der Waals surface area contributed by atoms with Crippen LogP contribution < -0.4 is 10.1 Å². The summed E-state index contributed by atoms with van der Waals surface area (Å²) in [5, 5.41) is 2.90.